The minimum absolute atomic E-state index is 0.0938. The Hall–Kier alpha value is -4.32. The van der Waals surface area contributed by atoms with E-state index in [2.05, 4.69) is 6.58 Å². The molecule has 3 amide bonds. The van der Waals surface area contributed by atoms with Crippen LogP contribution in [0.4, 0.5) is 21.2 Å². The van der Waals surface area contributed by atoms with Crippen molar-refractivity contribution in [2.75, 3.05) is 29.5 Å². The number of anilines is 3. The van der Waals surface area contributed by atoms with Crippen LogP contribution in [0.1, 0.15) is 42.1 Å². The van der Waals surface area contributed by atoms with Crippen LogP contribution in [0.5, 0.6) is 11.5 Å². The molecular formula is C37H40FN3O6Si. The Morgan fingerprint density at radius 2 is 1.81 bits per heavy atom. The van der Waals surface area contributed by atoms with E-state index in [1.807, 2.05) is 25.1 Å². The van der Waals surface area contributed by atoms with Crippen LogP contribution in [0.15, 0.2) is 79.4 Å². The minimum atomic E-state index is -3.53. The SMILES string of the molecule is C=CCN1C(=O)[C@@]2(O[C@@H](CC(=O)N3CCC[C@H]3CO)[C@H]([Si](C)(C)F)[C@H]2C)c2cc(N3C(=O)c4ccccc4Oc4ccccc43)ccc21. The molecule has 9 nitrogen and oxygen atoms in total. The highest BCUT2D eigenvalue weighted by Gasteiger charge is 2.67. The first kappa shape index (κ1) is 32.2. The van der Waals surface area contributed by atoms with Crippen LogP contribution in [0.25, 0.3) is 0 Å². The summed E-state index contributed by atoms with van der Waals surface area (Å²) in [5.74, 6) is -0.556. The van der Waals surface area contributed by atoms with Gasteiger partial charge in [-0.25, -0.2) is 0 Å². The van der Waals surface area contributed by atoms with Gasteiger partial charge in [0.15, 0.2) is 11.4 Å². The Morgan fingerprint density at radius 1 is 1.08 bits per heavy atom. The van der Waals surface area contributed by atoms with Gasteiger partial charge in [0.2, 0.25) is 14.3 Å². The lowest BCUT2D eigenvalue weighted by Gasteiger charge is -2.31. The van der Waals surface area contributed by atoms with Gasteiger partial charge in [0.05, 0.1) is 42.1 Å². The number of aliphatic hydroxyl groups excluding tert-OH is 1. The number of ether oxygens (including phenoxy) is 2. The van der Waals surface area contributed by atoms with E-state index in [9.17, 15) is 19.5 Å². The molecule has 0 bridgehead atoms. The average Bonchev–Trinajstić information content (AvgIpc) is 3.70. The highest BCUT2D eigenvalue weighted by molar-refractivity contribution is 6.72. The number of benzene rings is 3. The first-order chi connectivity index (χ1) is 23.0. The van der Waals surface area contributed by atoms with Gasteiger partial charge in [-0.3, -0.25) is 19.3 Å². The van der Waals surface area contributed by atoms with Crippen LogP contribution in [0, 0.1) is 5.92 Å². The van der Waals surface area contributed by atoms with Crippen molar-refractivity contribution >= 4 is 43.2 Å². The number of aliphatic hydroxyl groups is 1. The molecule has 0 aromatic heterocycles. The van der Waals surface area contributed by atoms with Crippen molar-refractivity contribution in [1.29, 1.82) is 0 Å². The molecule has 250 valence electrons. The number of amides is 3. The second kappa shape index (κ2) is 12.0. The Labute approximate surface area is 280 Å². The predicted molar refractivity (Wildman–Crippen MR) is 183 cm³/mol. The van der Waals surface area contributed by atoms with Crippen molar-refractivity contribution in [2.45, 2.75) is 62.6 Å². The number of carbonyl (C=O) groups is 3. The summed E-state index contributed by atoms with van der Waals surface area (Å²) in [6.45, 7) is 9.50. The lowest BCUT2D eigenvalue weighted by atomic mass is 9.82. The maximum atomic E-state index is 16.4. The van der Waals surface area contributed by atoms with E-state index in [1.54, 1.807) is 82.4 Å². The molecule has 4 heterocycles. The highest BCUT2D eigenvalue weighted by atomic mass is 28.4. The number of para-hydroxylation sites is 3. The molecule has 0 saturated carbocycles. The quantitative estimate of drug-likeness (QED) is 0.176. The van der Waals surface area contributed by atoms with Gasteiger partial charge in [-0.1, -0.05) is 37.3 Å². The molecule has 7 rings (SSSR count). The zero-order chi connectivity index (χ0) is 34.0. The molecule has 48 heavy (non-hydrogen) atoms. The third-order valence-corrected chi connectivity index (χ3v) is 12.9. The summed E-state index contributed by atoms with van der Waals surface area (Å²) in [7, 11) is -3.53. The molecule has 1 N–H and O–H groups in total. The number of hydrogen-bond acceptors (Lipinski definition) is 6. The van der Waals surface area contributed by atoms with Crippen LogP contribution in [0.2, 0.25) is 18.6 Å². The number of halogens is 1. The van der Waals surface area contributed by atoms with Gasteiger partial charge < -0.3 is 28.5 Å². The molecule has 0 unspecified atom stereocenters. The maximum Gasteiger partial charge on any atom is 0.266 e. The van der Waals surface area contributed by atoms with Crippen LogP contribution >= 0.6 is 0 Å². The van der Waals surface area contributed by atoms with E-state index < -0.39 is 31.6 Å². The van der Waals surface area contributed by atoms with Crippen molar-refractivity contribution in [2.24, 2.45) is 5.92 Å². The van der Waals surface area contributed by atoms with E-state index in [4.69, 9.17) is 9.47 Å². The molecule has 4 aliphatic heterocycles. The van der Waals surface area contributed by atoms with Crippen molar-refractivity contribution < 1.29 is 33.1 Å². The van der Waals surface area contributed by atoms with E-state index in [0.29, 0.717) is 52.7 Å². The molecule has 1 spiro atoms. The van der Waals surface area contributed by atoms with Gasteiger partial charge in [0.1, 0.15) is 5.75 Å². The van der Waals surface area contributed by atoms with Crippen molar-refractivity contribution in [3.63, 3.8) is 0 Å². The number of fused-ring (bicyclic) bond motifs is 4. The fourth-order valence-corrected chi connectivity index (χ4v) is 10.9. The van der Waals surface area contributed by atoms with Crippen LogP contribution < -0.4 is 14.5 Å². The van der Waals surface area contributed by atoms with Gasteiger partial charge in [0.25, 0.3) is 11.8 Å². The molecule has 3 aromatic carbocycles. The zero-order valence-electron chi connectivity index (χ0n) is 27.4. The second-order valence-electron chi connectivity index (χ2n) is 13.7. The van der Waals surface area contributed by atoms with Gasteiger partial charge in [-0.15, -0.1) is 6.58 Å². The molecular weight excluding hydrogens is 630 g/mol. The monoisotopic (exact) mass is 669 g/mol. The van der Waals surface area contributed by atoms with Crippen LogP contribution in [-0.4, -0.2) is 68.0 Å². The Bertz CT molecular complexity index is 1810. The first-order valence-electron chi connectivity index (χ1n) is 16.6. The molecule has 3 aromatic rings. The topological polar surface area (TPSA) is 99.6 Å². The Kier molecular flexibility index (Phi) is 8.04. The predicted octanol–water partition coefficient (Wildman–Crippen LogP) is 6.45. The number of rotatable bonds is 7. The summed E-state index contributed by atoms with van der Waals surface area (Å²) in [4.78, 5) is 47.4. The summed E-state index contributed by atoms with van der Waals surface area (Å²) in [6.07, 6.45) is 2.17. The smallest absolute Gasteiger partial charge is 0.266 e. The van der Waals surface area contributed by atoms with E-state index in [0.717, 1.165) is 6.42 Å². The largest absolute Gasteiger partial charge is 0.454 e. The van der Waals surface area contributed by atoms with Gasteiger partial charge >= 0.3 is 0 Å². The van der Waals surface area contributed by atoms with Crippen molar-refractivity contribution in [3.05, 3.63) is 90.5 Å². The Balaban J connectivity index is 1.36. The van der Waals surface area contributed by atoms with Gasteiger partial charge in [-0.2, -0.15) is 0 Å². The van der Waals surface area contributed by atoms with Gasteiger partial charge in [0, 0.05) is 35.8 Å². The summed E-state index contributed by atoms with van der Waals surface area (Å²) in [5.41, 5.74) is 0.244. The van der Waals surface area contributed by atoms with Crippen molar-refractivity contribution in [3.8, 4) is 11.5 Å². The molecule has 2 fully saturated rings. The lowest BCUT2D eigenvalue weighted by Crippen LogP contribution is -2.45. The molecule has 0 aliphatic carbocycles. The summed E-state index contributed by atoms with van der Waals surface area (Å²) in [6, 6.07) is 19.4. The summed E-state index contributed by atoms with van der Waals surface area (Å²) in [5, 5.41) is 9.87. The fraction of sp³-hybridized carbons (Fsp3) is 0.378. The average molecular weight is 670 g/mol. The van der Waals surface area contributed by atoms with Crippen LogP contribution in [0.3, 0.4) is 0 Å². The number of hydrogen-bond donors (Lipinski definition) is 1. The molecule has 5 atom stereocenters. The normalized spacial score (nSPS) is 26.3. The number of likely N-dealkylation sites (tertiary alicyclic amines) is 1. The molecule has 11 heteroatoms. The Morgan fingerprint density at radius 3 is 2.54 bits per heavy atom. The third-order valence-electron chi connectivity index (χ3n) is 10.4. The lowest BCUT2D eigenvalue weighted by molar-refractivity contribution is -0.149. The van der Waals surface area contributed by atoms with Crippen molar-refractivity contribution in [1.82, 2.24) is 4.90 Å². The number of carbonyl (C=O) groups excluding carboxylic acids is 3. The van der Waals surface area contributed by atoms with E-state index >= 15 is 4.11 Å². The first-order valence-corrected chi connectivity index (χ1v) is 19.5. The number of nitrogens with zero attached hydrogens (tertiary/aromatic N) is 3. The standard InChI is InChI=1S/C37H40FN3O6Si/c1-5-18-40-28-17-16-24(41-29-13-7-9-15-31(29)46-30-14-8-6-12-26(30)35(41)44)20-27(28)37(36(40)45)23(2)34(48(3,4)38)32(47-37)21-33(43)39-19-10-11-25(39)22-42/h5-9,12-17,20,23,25,32,34,42H,1,10-11,18-19,21-22H2,2-4H3/t23-,25+,32+,34-,37+/m1/s1. The summed E-state index contributed by atoms with van der Waals surface area (Å²) < 4.78 is 29.4. The van der Waals surface area contributed by atoms with Gasteiger partial charge in [-0.05, 0) is 68.4 Å². The second-order valence-corrected chi connectivity index (χ2v) is 17.4. The zero-order valence-corrected chi connectivity index (χ0v) is 28.4. The van der Waals surface area contributed by atoms with E-state index in [-0.39, 0.29) is 43.3 Å². The van der Waals surface area contributed by atoms with E-state index in [1.165, 1.54) is 0 Å². The molecule has 4 aliphatic rings. The van der Waals surface area contributed by atoms with Crippen LogP contribution in [-0.2, 0) is 19.9 Å². The molecule has 0 radical (unpaired) electrons. The maximum absolute atomic E-state index is 16.4. The highest BCUT2D eigenvalue weighted by Crippen LogP contribution is 2.61. The summed E-state index contributed by atoms with van der Waals surface area (Å²) >= 11 is 0. The third kappa shape index (κ3) is 4.90. The minimum Gasteiger partial charge on any atom is -0.454 e. The molecule has 2 saturated heterocycles. The fourth-order valence-electron chi connectivity index (χ4n) is 8.39.